The summed E-state index contributed by atoms with van der Waals surface area (Å²) >= 11 is 0. The third kappa shape index (κ3) is 2.99. The van der Waals surface area contributed by atoms with Crippen LogP contribution in [0.25, 0.3) is 0 Å². The molecular formula is C15H23N3O. The summed E-state index contributed by atoms with van der Waals surface area (Å²) in [5.74, 6) is 1.31. The predicted molar refractivity (Wildman–Crippen MR) is 73.7 cm³/mol. The van der Waals surface area contributed by atoms with Crippen molar-refractivity contribution in [3.63, 3.8) is 0 Å². The van der Waals surface area contributed by atoms with Gasteiger partial charge in [0.05, 0.1) is 12.0 Å². The lowest BCUT2D eigenvalue weighted by molar-refractivity contribution is -0.118. The van der Waals surface area contributed by atoms with Crippen molar-refractivity contribution >= 4 is 6.41 Å². The van der Waals surface area contributed by atoms with Gasteiger partial charge in [0.25, 0.3) is 0 Å². The lowest BCUT2D eigenvalue weighted by Gasteiger charge is -2.25. The molecule has 4 heteroatoms. The fraction of sp³-hybridized carbons (Fsp3) is 0.733. The highest BCUT2D eigenvalue weighted by Gasteiger charge is 2.43. The van der Waals surface area contributed by atoms with Crippen molar-refractivity contribution in [2.24, 2.45) is 5.92 Å². The molecule has 2 atom stereocenters. The number of rotatable bonds is 6. The first-order valence-electron chi connectivity index (χ1n) is 7.58. The predicted octanol–water partition coefficient (Wildman–Crippen LogP) is 2.69. The summed E-state index contributed by atoms with van der Waals surface area (Å²) in [7, 11) is 0. The van der Waals surface area contributed by atoms with Crippen LogP contribution in [0.4, 0.5) is 0 Å². The van der Waals surface area contributed by atoms with Crippen molar-refractivity contribution in [3.8, 4) is 0 Å². The van der Waals surface area contributed by atoms with Gasteiger partial charge in [0.15, 0.2) is 0 Å². The SMILES string of the molecule is O=CN(CCC1CCCCC1)C1CC1c1c[nH]cn1. The molecule has 0 saturated heterocycles. The van der Waals surface area contributed by atoms with Gasteiger partial charge in [-0.2, -0.15) is 0 Å². The molecule has 1 aromatic heterocycles. The molecular weight excluding hydrogens is 238 g/mol. The van der Waals surface area contributed by atoms with Gasteiger partial charge in [0.2, 0.25) is 6.41 Å². The van der Waals surface area contributed by atoms with Gasteiger partial charge in [-0.25, -0.2) is 4.98 Å². The molecule has 0 bridgehead atoms. The van der Waals surface area contributed by atoms with Gasteiger partial charge in [-0.1, -0.05) is 32.1 Å². The van der Waals surface area contributed by atoms with Crippen LogP contribution in [0, 0.1) is 5.92 Å². The molecule has 1 amide bonds. The van der Waals surface area contributed by atoms with E-state index in [1.807, 2.05) is 11.1 Å². The van der Waals surface area contributed by atoms with E-state index in [1.165, 1.54) is 38.5 Å². The van der Waals surface area contributed by atoms with Crippen LogP contribution in [0.15, 0.2) is 12.5 Å². The molecule has 3 rings (SSSR count). The maximum absolute atomic E-state index is 11.3. The van der Waals surface area contributed by atoms with Gasteiger partial charge in [-0.15, -0.1) is 0 Å². The molecule has 0 spiro atoms. The molecule has 0 aliphatic heterocycles. The smallest absolute Gasteiger partial charge is 0.209 e. The second-order valence-electron chi connectivity index (χ2n) is 6.04. The monoisotopic (exact) mass is 261 g/mol. The normalized spacial score (nSPS) is 27.2. The molecule has 2 fully saturated rings. The highest BCUT2D eigenvalue weighted by molar-refractivity contribution is 5.49. The topological polar surface area (TPSA) is 49.0 Å². The zero-order valence-electron chi connectivity index (χ0n) is 11.4. The molecule has 2 unspecified atom stereocenters. The Bertz CT molecular complexity index is 398. The summed E-state index contributed by atoms with van der Waals surface area (Å²) in [6.07, 6.45) is 13.9. The van der Waals surface area contributed by atoms with E-state index in [0.717, 1.165) is 31.0 Å². The van der Waals surface area contributed by atoms with Crippen LogP contribution in [0.5, 0.6) is 0 Å². The van der Waals surface area contributed by atoms with E-state index in [1.54, 1.807) is 6.33 Å². The first kappa shape index (κ1) is 12.7. The lowest BCUT2D eigenvalue weighted by Crippen LogP contribution is -2.28. The zero-order chi connectivity index (χ0) is 13.1. The number of H-pyrrole nitrogens is 1. The van der Waals surface area contributed by atoms with Crippen molar-refractivity contribution in [3.05, 3.63) is 18.2 Å². The van der Waals surface area contributed by atoms with Crippen LogP contribution in [-0.4, -0.2) is 33.9 Å². The van der Waals surface area contributed by atoms with E-state index >= 15 is 0 Å². The third-order valence-electron chi connectivity index (χ3n) is 4.74. The molecule has 2 aliphatic carbocycles. The summed E-state index contributed by atoms with van der Waals surface area (Å²) in [4.78, 5) is 20.6. The number of amides is 1. The van der Waals surface area contributed by atoms with Crippen LogP contribution in [-0.2, 0) is 4.79 Å². The van der Waals surface area contributed by atoms with Crippen LogP contribution in [0.2, 0.25) is 0 Å². The molecule has 0 aromatic carbocycles. The molecule has 2 saturated carbocycles. The first-order valence-corrected chi connectivity index (χ1v) is 7.58. The van der Waals surface area contributed by atoms with E-state index in [4.69, 9.17) is 0 Å². The Morgan fingerprint density at radius 1 is 1.37 bits per heavy atom. The Kier molecular flexibility index (Phi) is 3.85. The second kappa shape index (κ2) is 5.76. The molecule has 1 heterocycles. The van der Waals surface area contributed by atoms with E-state index < -0.39 is 0 Å². The minimum atomic E-state index is 0.393. The Morgan fingerprint density at radius 3 is 2.89 bits per heavy atom. The standard InChI is InChI=1S/C15H23N3O/c19-11-18(7-6-12-4-2-1-3-5-12)15-8-13(15)14-9-16-10-17-14/h9-13,15H,1-8H2,(H,16,17). The molecule has 1 N–H and O–H groups in total. The van der Waals surface area contributed by atoms with E-state index in [-0.39, 0.29) is 0 Å². The number of aromatic nitrogens is 2. The van der Waals surface area contributed by atoms with Gasteiger partial charge in [0.1, 0.15) is 0 Å². The molecule has 4 nitrogen and oxygen atoms in total. The quantitative estimate of drug-likeness (QED) is 0.800. The Morgan fingerprint density at radius 2 is 2.21 bits per heavy atom. The van der Waals surface area contributed by atoms with Gasteiger partial charge >= 0.3 is 0 Å². The van der Waals surface area contributed by atoms with Crippen molar-refractivity contribution in [1.29, 1.82) is 0 Å². The van der Waals surface area contributed by atoms with Crippen molar-refractivity contribution in [1.82, 2.24) is 14.9 Å². The maximum atomic E-state index is 11.3. The minimum absolute atomic E-state index is 0.393. The number of nitrogens with one attached hydrogen (secondary N) is 1. The molecule has 1 aromatic rings. The number of hydrogen-bond donors (Lipinski definition) is 1. The molecule has 104 valence electrons. The average Bonchev–Trinajstić information content (AvgIpc) is 3.05. The van der Waals surface area contributed by atoms with E-state index in [9.17, 15) is 4.79 Å². The number of hydrogen-bond acceptors (Lipinski definition) is 2. The molecule has 0 radical (unpaired) electrons. The van der Waals surface area contributed by atoms with Gasteiger partial charge in [-0.05, 0) is 18.8 Å². The lowest BCUT2D eigenvalue weighted by atomic mass is 9.87. The van der Waals surface area contributed by atoms with Gasteiger partial charge in [-0.3, -0.25) is 4.79 Å². The van der Waals surface area contributed by atoms with Crippen molar-refractivity contribution in [2.75, 3.05) is 6.54 Å². The van der Waals surface area contributed by atoms with Crippen molar-refractivity contribution in [2.45, 2.75) is 56.9 Å². The maximum Gasteiger partial charge on any atom is 0.209 e. The summed E-state index contributed by atoms with van der Waals surface area (Å²) < 4.78 is 0. The summed E-state index contributed by atoms with van der Waals surface area (Å²) in [6.45, 7) is 0.930. The number of carbonyl (C=O) groups excluding carboxylic acids is 1. The molecule has 2 aliphatic rings. The minimum Gasteiger partial charge on any atom is -0.351 e. The van der Waals surface area contributed by atoms with Gasteiger partial charge in [0, 0.05) is 24.7 Å². The zero-order valence-corrected chi connectivity index (χ0v) is 11.4. The fourth-order valence-electron chi connectivity index (χ4n) is 3.44. The van der Waals surface area contributed by atoms with Crippen LogP contribution >= 0.6 is 0 Å². The highest BCUT2D eigenvalue weighted by Crippen LogP contribution is 2.43. The number of carbonyl (C=O) groups is 1. The second-order valence-corrected chi connectivity index (χ2v) is 6.04. The van der Waals surface area contributed by atoms with Crippen LogP contribution < -0.4 is 0 Å². The Hall–Kier alpha value is -1.32. The van der Waals surface area contributed by atoms with Crippen molar-refractivity contribution < 1.29 is 4.79 Å². The van der Waals surface area contributed by atoms with E-state index in [2.05, 4.69) is 9.97 Å². The van der Waals surface area contributed by atoms with Crippen LogP contribution in [0.1, 0.15) is 56.6 Å². The van der Waals surface area contributed by atoms with Gasteiger partial charge < -0.3 is 9.88 Å². The number of nitrogens with zero attached hydrogens (tertiary/aromatic N) is 2. The summed E-state index contributed by atoms with van der Waals surface area (Å²) in [5, 5.41) is 0. The summed E-state index contributed by atoms with van der Waals surface area (Å²) in [6, 6.07) is 0.393. The van der Waals surface area contributed by atoms with Crippen LogP contribution in [0.3, 0.4) is 0 Å². The fourth-order valence-corrected chi connectivity index (χ4v) is 3.44. The number of imidazole rings is 1. The Balaban J connectivity index is 1.47. The first-order chi connectivity index (χ1) is 9.38. The molecule has 19 heavy (non-hydrogen) atoms. The third-order valence-corrected chi connectivity index (χ3v) is 4.74. The average molecular weight is 261 g/mol. The Labute approximate surface area is 114 Å². The van der Waals surface area contributed by atoms with E-state index in [0.29, 0.717) is 12.0 Å². The highest BCUT2D eigenvalue weighted by atomic mass is 16.1. The summed E-state index contributed by atoms with van der Waals surface area (Å²) in [5.41, 5.74) is 1.11. The number of aromatic amines is 1. The largest absolute Gasteiger partial charge is 0.351 e.